The quantitative estimate of drug-likeness (QED) is 0.636. The van der Waals surface area contributed by atoms with Gasteiger partial charge in [0.25, 0.3) is 0 Å². The Morgan fingerprint density at radius 2 is 2.20 bits per heavy atom. The van der Waals surface area contributed by atoms with Gasteiger partial charge in [0.15, 0.2) is 0 Å². The van der Waals surface area contributed by atoms with Crippen LogP contribution in [0.3, 0.4) is 0 Å². The molecule has 0 unspecified atom stereocenters. The molecule has 0 radical (unpaired) electrons. The van der Waals surface area contributed by atoms with Crippen molar-refractivity contribution in [3.63, 3.8) is 0 Å². The van der Waals surface area contributed by atoms with Crippen LogP contribution in [0.2, 0.25) is 0 Å². The predicted octanol–water partition coefficient (Wildman–Crippen LogP) is 1.68. The fourth-order valence-electron chi connectivity index (χ4n) is 0.606. The third-order valence-corrected chi connectivity index (χ3v) is 1.00. The zero-order valence-corrected chi connectivity index (χ0v) is 6.85. The van der Waals surface area contributed by atoms with Crippen molar-refractivity contribution in [3.05, 3.63) is 12.3 Å². The third-order valence-electron chi connectivity index (χ3n) is 1.00. The summed E-state index contributed by atoms with van der Waals surface area (Å²) in [6.07, 6.45) is 4.06. The van der Waals surface area contributed by atoms with Gasteiger partial charge in [-0.05, 0) is 19.0 Å². The highest BCUT2D eigenvalue weighted by Gasteiger charge is 2.00. The summed E-state index contributed by atoms with van der Waals surface area (Å²) in [4.78, 5) is 10.9. The van der Waals surface area contributed by atoms with Crippen molar-refractivity contribution in [1.29, 1.82) is 0 Å². The van der Waals surface area contributed by atoms with Crippen LogP contribution in [0, 0.1) is 5.92 Å². The van der Waals surface area contributed by atoms with Crippen LogP contribution in [0.5, 0.6) is 0 Å². The summed E-state index contributed by atoms with van der Waals surface area (Å²) < 4.78 is 0. The van der Waals surface area contributed by atoms with Gasteiger partial charge in [-0.15, -0.1) is 0 Å². The minimum Gasteiger partial charge on any atom is -0.333 e. The molecule has 0 heterocycles. The standard InChI is InChI=1S/C8H15NO/c1-4-5-9-8(10)6-7(2)3/h4-5,7H,6H2,1-3H3,(H,9,10)/b5-4+. The minimum atomic E-state index is 0.0908. The summed E-state index contributed by atoms with van der Waals surface area (Å²) in [6.45, 7) is 5.92. The second-order valence-electron chi connectivity index (χ2n) is 2.67. The zero-order chi connectivity index (χ0) is 7.98. The van der Waals surface area contributed by atoms with Crippen molar-refractivity contribution >= 4 is 5.91 Å². The Kier molecular flexibility index (Phi) is 4.63. The second-order valence-corrected chi connectivity index (χ2v) is 2.67. The first kappa shape index (κ1) is 9.21. The summed E-state index contributed by atoms with van der Waals surface area (Å²) in [5.41, 5.74) is 0. The Hall–Kier alpha value is -0.790. The molecule has 0 aliphatic heterocycles. The Labute approximate surface area is 62.3 Å². The molecule has 0 atom stereocenters. The van der Waals surface area contributed by atoms with Gasteiger partial charge >= 0.3 is 0 Å². The Balaban J connectivity index is 3.44. The highest BCUT2D eigenvalue weighted by molar-refractivity contribution is 5.76. The van der Waals surface area contributed by atoms with E-state index in [4.69, 9.17) is 0 Å². The fourth-order valence-corrected chi connectivity index (χ4v) is 0.606. The average Bonchev–Trinajstić information content (AvgIpc) is 1.82. The Morgan fingerprint density at radius 3 is 2.60 bits per heavy atom. The van der Waals surface area contributed by atoms with E-state index in [1.165, 1.54) is 0 Å². The minimum absolute atomic E-state index is 0.0908. The molecule has 0 spiro atoms. The van der Waals surface area contributed by atoms with Gasteiger partial charge in [0.1, 0.15) is 0 Å². The molecule has 2 heteroatoms. The van der Waals surface area contributed by atoms with Crippen LogP contribution in [0.1, 0.15) is 27.2 Å². The molecule has 1 amide bonds. The summed E-state index contributed by atoms with van der Waals surface area (Å²) >= 11 is 0. The second kappa shape index (κ2) is 5.03. The highest BCUT2D eigenvalue weighted by atomic mass is 16.1. The lowest BCUT2D eigenvalue weighted by Gasteiger charge is -2.01. The first-order chi connectivity index (χ1) is 4.66. The van der Waals surface area contributed by atoms with E-state index < -0.39 is 0 Å². The molecular weight excluding hydrogens is 126 g/mol. The van der Waals surface area contributed by atoms with Gasteiger partial charge in [0.05, 0.1) is 0 Å². The number of carbonyl (C=O) groups excluding carboxylic acids is 1. The lowest BCUT2D eigenvalue weighted by Crippen LogP contribution is -2.18. The largest absolute Gasteiger partial charge is 0.333 e. The van der Waals surface area contributed by atoms with Crippen molar-refractivity contribution < 1.29 is 4.79 Å². The van der Waals surface area contributed by atoms with Gasteiger partial charge < -0.3 is 5.32 Å². The Bertz CT molecular complexity index is 127. The molecule has 0 rings (SSSR count). The Morgan fingerprint density at radius 1 is 1.60 bits per heavy atom. The molecule has 0 aromatic heterocycles. The van der Waals surface area contributed by atoms with E-state index in [0.29, 0.717) is 12.3 Å². The number of hydrogen-bond donors (Lipinski definition) is 1. The number of hydrogen-bond acceptors (Lipinski definition) is 1. The monoisotopic (exact) mass is 141 g/mol. The van der Waals surface area contributed by atoms with E-state index in [9.17, 15) is 4.79 Å². The molecule has 58 valence electrons. The summed E-state index contributed by atoms with van der Waals surface area (Å²) in [7, 11) is 0. The molecule has 0 aromatic rings. The van der Waals surface area contributed by atoms with Crippen LogP contribution in [0.15, 0.2) is 12.3 Å². The van der Waals surface area contributed by atoms with Crippen molar-refractivity contribution in [3.8, 4) is 0 Å². The normalized spacial score (nSPS) is 10.8. The fraction of sp³-hybridized carbons (Fsp3) is 0.625. The van der Waals surface area contributed by atoms with Gasteiger partial charge in [-0.25, -0.2) is 0 Å². The maximum atomic E-state index is 10.9. The summed E-state index contributed by atoms with van der Waals surface area (Å²) in [6, 6.07) is 0. The number of carbonyl (C=O) groups is 1. The van der Waals surface area contributed by atoms with E-state index in [2.05, 4.69) is 5.32 Å². The first-order valence-electron chi connectivity index (χ1n) is 3.57. The van der Waals surface area contributed by atoms with Crippen molar-refractivity contribution in [2.45, 2.75) is 27.2 Å². The molecule has 2 nitrogen and oxygen atoms in total. The van der Waals surface area contributed by atoms with Crippen LogP contribution in [0.4, 0.5) is 0 Å². The van der Waals surface area contributed by atoms with Crippen molar-refractivity contribution in [2.75, 3.05) is 0 Å². The SMILES string of the molecule is C/C=C/NC(=O)CC(C)C. The smallest absolute Gasteiger partial charge is 0.224 e. The van der Waals surface area contributed by atoms with Crippen LogP contribution in [-0.4, -0.2) is 5.91 Å². The molecule has 0 aliphatic carbocycles. The van der Waals surface area contributed by atoms with Crippen LogP contribution < -0.4 is 5.32 Å². The van der Waals surface area contributed by atoms with Crippen LogP contribution in [0.25, 0.3) is 0 Å². The zero-order valence-electron chi connectivity index (χ0n) is 6.85. The molecule has 10 heavy (non-hydrogen) atoms. The van der Waals surface area contributed by atoms with Gasteiger partial charge in [-0.2, -0.15) is 0 Å². The maximum absolute atomic E-state index is 10.9. The van der Waals surface area contributed by atoms with Crippen molar-refractivity contribution in [2.24, 2.45) is 5.92 Å². The number of amides is 1. The molecule has 0 aromatic carbocycles. The molecule has 0 aliphatic rings. The third kappa shape index (κ3) is 5.35. The number of rotatable bonds is 3. The average molecular weight is 141 g/mol. The van der Waals surface area contributed by atoms with Gasteiger partial charge in [0, 0.05) is 6.42 Å². The van der Waals surface area contributed by atoms with Gasteiger partial charge in [0.2, 0.25) is 5.91 Å². The molecular formula is C8H15NO. The number of allylic oxidation sites excluding steroid dienone is 1. The van der Waals surface area contributed by atoms with Gasteiger partial charge in [-0.3, -0.25) is 4.79 Å². The lowest BCUT2D eigenvalue weighted by atomic mass is 10.1. The molecule has 0 fully saturated rings. The van der Waals surface area contributed by atoms with E-state index in [-0.39, 0.29) is 5.91 Å². The van der Waals surface area contributed by atoms with E-state index in [1.807, 2.05) is 20.8 Å². The molecule has 0 bridgehead atoms. The van der Waals surface area contributed by atoms with Crippen LogP contribution in [-0.2, 0) is 4.79 Å². The lowest BCUT2D eigenvalue weighted by molar-refractivity contribution is -0.120. The summed E-state index contributed by atoms with van der Waals surface area (Å²) in [5, 5.41) is 2.64. The topological polar surface area (TPSA) is 29.1 Å². The number of nitrogens with one attached hydrogen (secondary N) is 1. The van der Waals surface area contributed by atoms with E-state index >= 15 is 0 Å². The predicted molar refractivity (Wildman–Crippen MR) is 42.4 cm³/mol. The van der Waals surface area contributed by atoms with Gasteiger partial charge in [-0.1, -0.05) is 19.9 Å². The molecule has 1 N–H and O–H groups in total. The maximum Gasteiger partial charge on any atom is 0.224 e. The molecule has 0 saturated carbocycles. The first-order valence-corrected chi connectivity index (χ1v) is 3.57. The summed E-state index contributed by atoms with van der Waals surface area (Å²) in [5.74, 6) is 0.526. The van der Waals surface area contributed by atoms with Crippen molar-refractivity contribution in [1.82, 2.24) is 5.32 Å². The molecule has 0 saturated heterocycles. The van der Waals surface area contributed by atoms with Crippen LogP contribution >= 0.6 is 0 Å². The van der Waals surface area contributed by atoms with E-state index in [1.54, 1.807) is 12.3 Å². The van der Waals surface area contributed by atoms with E-state index in [0.717, 1.165) is 0 Å². The highest BCUT2D eigenvalue weighted by Crippen LogP contribution is 1.97.